The van der Waals surface area contributed by atoms with Crippen molar-refractivity contribution in [3.63, 3.8) is 0 Å². The number of nitrogens with one attached hydrogen (secondary N) is 3. The van der Waals surface area contributed by atoms with E-state index < -0.39 is 0 Å². The Kier molecular flexibility index (Phi) is 4.74. The summed E-state index contributed by atoms with van der Waals surface area (Å²) < 4.78 is 0. The number of aromatic nitrogens is 3. The molecule has 0 spiro atoms. The average Bonchev–Trinajstić information content (AvgIpc) is 2.96. The maximum absolute atomic E-state index is 4.28. The second-order valence-electron chi connectivity index (χ2n) is 4.34. The quantitative estimate of drug-likeness (QED) is 0.695. The third-order valence-electron chi connectivity index (χ3n) is 2.86. The van der Waals surface area contributed by atoms with Crippen LogP contribution in [0, 0.1) is 0 Å². The maximum atomic E-state index is 4.28. The van der Waals surface area contributed by atoms with Crippen LogP contribution in [0.5, 0.6) is 0 Å². The second-order valence-corrected chi connectivity index (χ2v) is 4.34. The van der Waals surface area contributed by atoms with E-state index in [1.807, 2.05) is 38.5 Å². The van der Waals surface area contributed by atoms with E-state index in [1.54, 1.807) is 6.33 Å². The molecule has 0 unspecified atom stereocenters. The maximum Gasteiger partial charge on any atom is 0.133 e. The molecular formula is C13H20N6. The highest BCUT2D eigenvalue weighted by Crippen LogP contribution is 2.12. The van der Waals surface area contributed by atoms with Crippen molar-refractivity contribution in [1.29, 1.82) is 0 Å². The molecule has 0 atom stereocenters. The zero-order valence-corrected chi connectivity index (χ0v) is 11.3. The van der Waals surface area contributed by atoms with Crippen LogP contribution < -0.4 is 15.5 Å². The molecule has 0 radical (unpaired) electrons. The first-order valence-corrected chi connectivity index (χ1v) is 6.33. The van der Waals surface area contributed by atoms with Gasteiger partial charge in [0.25, 0.3) is 0 Å². The van der Waals surface area contributed by atoms with Crippen molar-refractivity contribution in [2.75, 3.05) is 37.4 Å². The van der Waals surface area contributed by atoms with Gasteiger partial charge in [-0.1, -0.05) is 0 Å². The first-order valence-electron chi connectivity index (χ1n) is 6.33. The van der Waals surface area contributed by atoms with Gasteiger partial charge in [0.15, 0.2) is 0 Å². The van der Waals surface area contributed by atoms with Crippen LogP contribution in [0.3, 0.4) is 0 Å². The van der Waals surface area contributed by atoms with Gasteiger partial charge in [0.1, 0.15) is 18.0 Å². The summed E-state index contributed by atoms with van der Waals surface area (Å²) in [4.78, 5) is 13.7. The van der Waals surface area contributed by atoms with Crippen LogP contribution in [0.2, 0.25) is 0 Å². The molecular weight excluding hydrogens is 240 g/mol. The van der Waals surface area contributed by atoms with Crippen molar-refractivity contribution in [2.45, 2.75) is 6.54 Å². The zero-order chi connectivity index (χ0) is 13.5. The molecule has 102 valence electrons. The highest BCUT2D eigenvalue weighted by atomic mass is 15.2. The molecule has 2 rings (SSSR count). The summed E-state index contributed by atoms with van der Waals surface area (Å²) in [5.41, 5.74) is 1.13. The van der Waals surface area contributed by atoms with Crippen molar-refractivity contribution in [3.8, 4) is 0 Å². The number of anilines is 2. The fourth-order valence-electron chi connectivity index (χ4n) is 1.71. The van der Waals surface area contributed by atoms with E-state index in [4.69, 9.17) is 0 Å². The molecule has 0 saturated heterocycles. The molecule has 0 saturated carbocycles. The molecule has 2 aromatic rings. The van der Waals surface area contributed by atoms with E-state index in [0.717, 1.165) is 37.0 Å². The summed E-state index contributed by atoms with van der Waals surface area (Å²) in [5, 5.41) is 6.40. The minimum atomic E-state index is 0.726. The van der Waals surface area contributed by atoms with Crippen LogP contribution in [0.1, 0.15) is 5.69 Å². The van der Waals surface area contributed by atoms with Crippen LogP contribution >= 0.6 is 0 Å². The van der Waals surface area contributed by atoms with Gasteiger partial charge in [-0.25, -0.2) is 9.97 Å². The van der Waals surface area contributed by atoms with E-state index in [2.05, 4.69) is 30.5 Å². The van der Waals surface area contributed by atoms with Crippen molar-refractivity contribution < 1.29 is 0 Å². The van der Waals surface area contributed by atoms with Gasteiger partial charge in [-0.15, -0.1) is 0 Å². The van der Waals surface area contributed by atoms with Gasteiger partial charge < -0.3 is 20.5 Å². The lowest BCUT2D eigenvalue weighted by atomic mass is 10.4. The lowest BCUT2D eigenvalue weighted by Gasteiger charge is -2.18. The Morgan fingerprint density at radius 3 is 3.00 bits per heavy atom. The number of nitrogens with zero attached hydrogens (tertiary/aromatic N) is 3. The SMILES string of the molecule is CNCCN(C)c1cc(NCc2ccc[nH]2)ncn1. The van der Waals surface area contributed by atoms with E-state index in [1.165, 1.54) is 0 Å². The predicted octanol–water partition coefficient (Wildman–Crippen LogP) is 1.07. The molecule has 0 aliphatic heterocycles. The monoisotopic (exact) mass is 260 g/mol. The summed E-state index contributed by atoms with van der Waals surface area (Å²) in [6.07, 6.45) is 3.50. The van der Waals surface area contributed by atoms with Crippen molar-refractivity contribution >= 4 is 11.6 Å². The Balaban J connectivity index is 1.94. The number of H-pyrrole nitrogens is 1. The van der Waals surface area contributed by atoms with Gasteiger partial charge in [0, 0.05) is 38.1 Å². The summed E-state index contributed by atoms with van der Waals surface area (Å²) in [7, 11) is 3.96. The fourth-order valence-corrected chi connectivity index (χ4v) is 1.71. The Bertz CT molecular complexity index is 482. The van der Waals surface area contributed by atoms with Crippen LogP contribution in [0.15, 0.2) is 30.7 Å². The molecule has 0 aromatic carbocycles. The Morgan fingerprint density at radius 1 is 1.37 bits per heavy atom. The first-order chi connectivity index (χ1) is 9.29. The largest absolute Gasteiger partial charge is 0.364 e. The minimum absolute atomic E-state index is 0.726. The van der Waals surface area contributed by atoms with Gasteiger partial charge in [-0.3, -0.25) is 0 Å². The molecule has 0 amide bonds. The third kappa shape index (κ3) is 3.96. The number of likely N-dealkylation sites (N-methyl/N-ethyl adjacent to an activating group) is 2. The van der Waals surface area contributed by atoms with E-state index in [0.29, 0.717) is 0 Å². The highest BCUT2D eigenvalue weighted by Gasteiger charge is 2.04. The normalized spacial score (nSPS) is 10.4. The minimum Gasteiger partial charge on any atom is -0.364 e. The van der Waals surface area contributed by atoms with Crippen LogP contribution in [0.25, 0.3) is 0 Å². The average molecular weight is 260 g/mol. The number of hydrogen-bond acceptors (Lipinski definition) is 5. The van der Waals surface area contributed by atoms with Gasteiger partial charge >= 0.3 is 0 Å². The van der Waals surface area contributed by atoms with Crippen LogP contribution in [0.4, 0.5) is 11.6 Å². The van der Waals surface area contributed by atoms with E-state index >= 15 is 0 Å². The molecule has 0 bridgehead atoms. The van der Waals surface area contributed by atoms with E-state index in [9.17, 15) is 0 Å². The first kappa shape index (κ1) is 13.4. The Hall–Kier alpha value is -2.08. The predicted molar refractivity (Wildman–Crippen MR) is 77.3 cm³/mol. The standard InChI is InChI=1S/C13H20N6/c1-14-6-7-19(2)13-8-12(17-10-18-13)16-9-11-4-3-5-15-11/h3-5,8,10,14-15H,6-7,9H2,1-2H3,(H,16,17,18). The highest BCUT2D eigenvalue weighted by molar-refractivity contribution is 5.48. The molecule has 0 aliphatic carbocycles. The topological polar surface area (TPSA) is 68.9 Å². The molecule has 0 aliphatic rings. The fraction of sp³-hybridized carbons (Fsp3) is 0.385. The molecule has 6 heteroatoms. The molecule has 0 fully saturated rings. The van der Waals surface area contributed by atoms with Crippen LogP contribution in [-0.4, -0.2) is 42.1 Å². The molecule has 3 N–H and O–H groups in total. The second kappa shape index (κ2) is 6.75. The summed E-state index contributed by atoms with van der Waals surface area (Å²) >= 11 is 0. The summed E-state index contributed by atoms with van der Waals surface area (Å²) in [6.45, 7) is 2.55. The third-order valence-corrected chi connectivity index (χ3v) is 2.86. The molecule has 19 heavy (non-hydrogen) atoms. The summed E-state index contributed by atoms with van der Waals surface area (Å²) in [5.74, 6) is 1.75. The van der Waals surface area contributed by atoms with Gasteiger partial charge in [0.2, 0.25) is 0 Å². The van der Waals surface area contributed by atoms with Crippen molar-refractivity contribution in [1.82, 2.24) is 20.3 Å². The number of aromatic amines is 1. The van der Waals surface area contributed by atoms with Gasteiger partial charge in [-0.05, 0) is 19.2 Å². The van der Waals surface area contributed by atoms with Gasteiger partial charge in [0.05, 0.1) is 6.54 Å². The number of rotatable bonds is 7. The van der Waals surface area contributed by atoms with Crippen LogP contribution in [-0.2, 0) is 6.54 Å². The van der Waals surface area contributed by atoms with Gasteiger partial charge in [-0.2, -0.15) is 0 Å². The zero-order valence-electron chi connectivity index (χ0n) is 11.3. The Morgan fingerprint density at radius 2 is 2.26 bits per heavy atom. The molecule has 2 aromatic heterocycles. The smallest absolute Gasteiger partial charge is 0.133 e. The van der Waals surface area contributed by atoms with Crippen molar-refractivity contribution in [3.05, 3.63) is 36.4 Å². The lowest BCUT2D eigenvalue weighted by molar-refractivity contribution is 0.760. The lowest BCUT2D eigenvalue weighted by Crippen LogP contribution is -2.27. The Labute approximate surface area is 113 Å². The molecule has 2 heterocycles. The van der Waals surface area contributed by atoms with E-state index in [-0.39, 0.29) is 0 Å². The van der Waals surface area contributed by atoms with Crippen molar-refractivity contribution in [2.24, 2.45) is 0 Å². The molecule has 6 nitrogen and oxygen atoms in total. The number of hydrogen-bond donors (Lipinski definition) is 3. The summed E-state index contributed by atoms with van der Waals surface area (Å²) in [6, 6.07) is 5.97.